The van der Waals surface area contributed by atoms with Gasteiger partial charge in [-0.15, -0.1) is 11.3 Å². The number of carbonyl (C=O) groups excluding carboxylic acids is 1. The number of nitrogens with zero attached hydrogens (tertiary/aromatic N) is 2. The maximum Gasteiger partial charge on any atom is 0.261 e. The molecule has 0 saturated carbocycles. The first-order valence-corrected chi connectivity index (χ1v) is 10.5. The highest BCUT2D eigenvalue weighted by atomic mass is 32.1. The van der Waals surface area contributed by atoms with E-state index in [1.165, 1.54) is 11.3 Å². The Bertz CT molecular complexity index is 1200. The van der Waals surface area contributed by atoms with Crippen LogP contribution in [0.1, 0.15) is 27.4 Å². The number of nitrogens with one attached hydrogen (secondary N) is 1. The molecule has 7 nitrogen and oxygen atoms in total. The van der Waals surface area contributed by atoms with Crippen LogP contribution in [0.3, 0.4) is 0 Å². The summed E-state index contributed by atoms with van der Waals surface area (Å²) in [6.45, 7) is 3.95. The van der Waals surface area contributed by atoms with Crippen molar-refractivity contribution in [3.05, 3.63) is 76.5 Å². The molecule has 0 spiro atoms. The lowest BCUT2D eigenvalue weighted by Gasteiger charge is -2.11. The fourth-order valence-corrected chi connectivity index (χ4v) is 3.82. The van der Waals surface area contributed by atoms with Gasteiger partial charge in [0.05, 0.1) is 29.6 Å². The molecule has 0 fully saturated rings. The van der Waals surface area contributed by atoms with E-state index in [2.05, 4.69) is 15.5 Å². The van der Waals surface area contributed by atoms with Gasteiger partial charge < -0.3 is 14.0 Å². The van der Waals surface area contributed by atoms with Crippen molar-refractivity contribution in [2.24, 2.45) is 0 Å². The van der Waals surface area contributed by atoms with Crippen molar-refractivity contribution in [2.45, 2.75) is 20.5 Å². The average molecular weight is 436 g/mol. The van der Waals surface area contributed by atoms with Crippen LogP contribution in [-0.2, 0) is 6.61 Å². The lowest BCUT2D eigenvalue weighted by atomic mass is 10.1. The number of ether oxygens (including phenoxy) is 2. The summed E-state index contributed by atoms with van der Waals surface area (Å²) in [7, 11) is 1.62. The highest BCUT2D eigenvalue weighted by molar-refractivity contribution is 7.14. The van der Waals surface area contributed by atoms with E-state index in [1.54, 1.807) is 25.3 Å². The molecule has 0 aliphatic heterocycles. The number of rotatable bonds is 7. The summed E-state index contributed by atoms with van der Waals surface area (Å²) in [6.07, 6.45) is 0. The van der Waals surface area contributed by atoms with Gasteiger partial charge in [0.1, 0.15) is 23.9 Å². The number of carbonyl (C=O) groups is 1. The fraction of sp³-hybridized carbons (Fsp3) is 0.174. The Morgan fingerprint density at radius 2 is 1.84 bits per heavy atom. The average Bonchev–Trinajstić information content (AvgIpc) is 3.38. The molecule has 2 heterocycles. The third-order valence-electron chi connectivity index (χ3n) is 4.79. The smallest absolute Gasteiger partial charge is 0.261 e. The van der Waals surface area contributed by atoms with Crippen LogP contribution in [0, 0.1) is 13.8 Å². The molecule has 0 atom stereocenters. The summed E-state index contributed by atoms with van der Waals surface area (Å²) in [5.74, 6) is 1.60. The minimum absolute atomic E-state index is 0.265. The Labute approximate surface area is 183 Å². The molecule has 1 amide bonds. The zero-order valence-corrected chi connectivity index (χ0v) is 18.2. The number of amides is 1. The number of aromatic nitrogens is 2. The predicted molar refractivity (Wildman–Crippen MR) is 119 cm³/mol. The maximum atomic E-state index is 12.9. The van der Waals surface area contributed by atoms with Crippen LogP contribution >= 0.6 is 11.3 Å². The monoisotopic (exact) mass is 435 g/mol. The van der Waals surface area contributed by atoms with Crippen LogP contribution < -0.4 is 14.8 Å². The SMILES string of the molecule is COc1ccccc1-c1csc(NC(=O)c2ccccc2OCc2c(C)noc2C)n1. The molecule has 0 saturated heterocycles. The van der Waals surface area contributed by atoms with Crippen molar-refractivity contribution in [2.75, 3.05) is 12.4 Å². The van der Waals surface area contributed by atoms with Gasteiger partial charge in [0.2, 0.25) is 0 Å². The number of hydrogen-bond acceptors (Lipinski definition) is 7. The van der Waals surface area contributed by atoms with E-state index in [0.29, 0.717) is 22.2 Å². The molecular weight excluding hydrogens is 414 g/mol. The molecule has 1 N–H and O–H groups in total. The first-order valence-electron chi connectivity index (χ1n) is 9.60. The second-order valence-corrected chi connectivity index (χ2v) is 7.64. The summed E-state index contributed by atoms with van der Waals surface area (Å²) in [5, 5.41) is 9.16. The number of hydrogen-bond donors (Lipinski definition) is 1. The normalized spacial score (nSPS) is 10.7. The molecular formula is C23H21N3O4S. The summed E-state index contributed by atoms with van der Waals surface area (Å²) in [4.78, 5) is 17.5. The Morgan fingerprint density at radius 1 is 1.10 bits per heavy atom. The number of methoxy groups -OCH3 is 1. The van der Waals surface area contributed by atoms with Crippen molar-refractivity contribution in [1.29, 1.82) is 0 Å². The van der Waals surface area contributed by atoms with Crippen LogP contribution in [-0.4, -0.2) is 23.2 Å². The second kappa shape index (κ2) is 9.01. The second-order valence-electron chi connectivity index (χ2n) is 6.78. The molecule has 158 valence electrons. The highest BCUT2D eigenvalue weighted by Gasteiger charge is 2.17. The molecule has 0 aliphatic rings. The molecule has 0 bridgehead atoms. The van der Waals surface area contributed by atoms with Gasteiger partial charge in [0.15, 0.2) is 5.13 Å². The van der Waals surface area contributed by atoms with E-state index in [-0.39, 0.29) is 12.5 Å². The van der Waals surface area contributed by atoms with Crippen molar-refractivity contribution >= 4 is 22.4 Å². The number of benzene rings is 2. The molecule has 0 unspecified atom stereocenters. The zero-order valence-electron chi connectivity index (χ0n) is 17.3. The van der Waals surface area contributed by atoms with Gasteiger partial charge in [-0.2, -0.15) is 0 Å². The summed E-state index contributed by atoms with van der Waals surface area (Å²) >= 11 is 1.35. The van der Waals surface area contributed by atoms with Crippen LogP contribution in [0.5, 0.6) is 11.5 Å². The third kappa shape index (κ3) is 4.44. The minimum atomic E-state index is -0.296. The van der Waals surface area contributed by atoms with E-state index in [1.807, 2.05) is 49.6 Å². The molecule has 31 heavy (non-hydrogen) atoms. The van der Waals surface area contributed by atoms with Crippen molar-refractivity contribution in [3.63, 3.8) is 0 Å². The van der Waals surface area contributed by atoms with E-state index in [4.69, 9.17) is 14.0 Å². The van der Waals surface area contributed by atoms with Gasteiger partial charge in [0.25, 0.3) is 5.91 Å². The lowest BCUT2D eigenvalue weighted by Crippen LogP contribution is -2.13. The van der Waals surface area contributed by atoms with E-state index in [9.17, 15) is 4.79 Å². The van der Waals surface area contributed by atoms with Crippen molar-refractivity contribution in [3.8, 4) is 22.8 Å². The van der Waals surface area contributed by atoms with Gasteiger partial charge in [-0.05, 0) is 38.1 Å². The van der Waals surface area contributed by atoms with Gasteiger partial charge in [0, 0.05) is 10.9 Å². The van der Waals surface area contributed by atoms with Crippen LogP contribution in [0.4, 0.5) is 5.13 Å². The molecule has 2 aromatic heterocycles. The minimum Gasteiger partial charge on any atom is -0.496 e. The van der Waals surface area contributed by atoms with Gasteiger partial charge in [-0.3, -0.25) is 10.1 Å². The first-order chi connectivity index (χ1) is 15.1. The highest BCUT2D eigenvalue weighted by Crippen LogP contribution is 2.32. The fourth-order valence-electron chi connectivity index (χ4n) is 3.11. The maximum absolute atomic E-state index is 12.9. The molecule has 2 aromatic carbocycles. The Balaban J connectivity index is 1.50. The Morgan fingerprint density at radius 3 is 2.58 bits per heavy atom. The van der Waals surface area contributed by atoms with Gasteiger partial charge >= 0.3 is 0 Å². The summed E-state index contributed by atoms with van der Waals surface area (Å²) in [6, 6.07) is 14.7. The number of para-hydroxylation sites is 2. The molecule has 4 rings (SSSR count). The van der Waals surface area contributed by atoms with Crippen molar-refractivity contribution < 1.29 is 18.8 Å². The quantitative estimate of drug-likeness (QED) is 0.426. The summed E-state index contributed by atoms with van der Waals surface area (Å²) in [5.41, 5.74) is 3.66. The number of thiazole rings is 1. The molecule has 0 aliphatic carbocycles. The molecule has 8 heteroatoms. The van der Waals surface area contributed by atoms with Crippen LogP contribution in [0.15, 0.2) is 58.4 Å². The number of aryl methyl sites for hydroxylation is 2. The van der Waals surface area contributed by atoms with E-state index >= 15 is 0 Å². The van der Waals surface area contributed by atoms with Crippen molar-refractivity contribution in [1.82, 2.24) is 10.1 Å². The standard InChI is InChI=1S/C23H21N3O4S/c1-14-18(15(2)30-26-14)12-29-21-11-7-5-9-17(21)22(27)25-23-24-19(13-31-23)16-8-4-6-10-20(16)28-3/h4-11,13H,12H2,1-3H3,(H,24,25,27). The van der Waals surface area contributed by atoms with E-state index in [0.717, 1.165) is 28.3 Å². The molecule has 4 aromatic rings. The lowest BCUT2D eigenvalue weighted by molar-refractivity contribution is 0.102. The molecule has 0 radical (unpaired) electrons. The Kier molecular flexibility index (Phi) is 5.99. The van der Waals surface area contributed by atoms with Gasteiger partial charge in [-0.25, -0.2) is 4.98 Å². The Hall–Kier alpha value is -3.65. The number of anilines is 1. The predicted octanol–water partition coefficient (Wildman–Crippen LogP) is 5.25. The topological polar surface area (TPSA) is 86.5 Å². The zero-order chi connectivity index (χ0) is 21.8. The summed E-state index contributed by atoms with van der Waals surface area (Å²) < 4.78 is 16.5. The first kappa shape index (κ1) is 20.6. The van der Waals surface area contributed by atoms with Crippen LogP contribution in [0.25, 0.3) is 11.3 Å². The van der Waals surface area contributed by atoms with Gasteiger partial charge in [-0.1, -0.05) is 29.4 Å². The van der Waals surface area contributed by atoms with Crippen LogP contribution in [0.2, 0.25) is 0 Å². The van der Waals surface area contributed by atoms with E-state index < -0.39 is 0 Å². The third-order valence-corrected chi connectivity index (χ3v) is 5.55. The largest absolute Gasteiger partial charge is 0.496 e.